The monoisotopic (exact) mass is 1090 g/mol. The van der Waals surface area contributed by atoms with Crippen molar-refractivity contribution in [2.24, 2.45) is 0 Å². The maximum Gasteiger partial charge on any atom is 0.343 e. The molecule has 5 N–H and O–H groups in total. The molecule has 5 rings (SSSR count). The Morgan fingerprint density at radius 2 is 1.20 bits per heavy atom. The van der Waals surface area contributed by atoms with Crippen molar-refractivity contribution >= 4 is 53.1 Å². The van der Waals surface area contributed by atoms with Gasteiger partial charge in [-0.05, 0) is 62.9 Å². The number of hydrogen-bond acceptors (Lipinski definition) is 14. The van der Waals surface area contributed by atoms with Crippen LogP contribution in [0.1, 0.15) is 81.6 Å². The van der Waals surface area contributed by atoms with Gasteiger partial charge in [0.1, 0.15) is 0 Å². The highest BCUT2D eigenvalue weighted by Gasteiger charge is 2.42. The number of unbranched alkanes of at least 4 members (excludes halogenated alkanes) is 1. The summed E-state index contributed by atoms with van der Waals surface area (Å²) in [6, 6.07) is 10.8. The number of ether oxygens (including phenoxy) is 7. The lowest BCUT2D eigenvalue weighted by Crippen LogP contribution is -2.36. The van der Waals surface area contributed by atoms with Gasteiger partial charge >= 0.3 is 12.0 Å². The van der Waals surface area contributed by atoms with Crippen molar-refractivity contribution in [2.75, 3.05) is 117 Å². The third-order valence-electron chi connectivity index (χ3n) is 11.8. The molecule has 418 valence electrons. The quantitative estimate of drug-likeness (QED) is 0.0124. The zero-order valence-electron chi connectivity index (χ0n) is 42.8. The van der Waals surface area contributed by atoms with Crippen molar-refractivity contribution in [3.63, 3.8) is 0 Å². The van der Waals surface area contributed by atoms with Crippen LogP contribution in [0.5, 0.6) is 5.75 Å². The van der Waals surface area contributed by atoms with Crippen LogP contribution in [0.4, 0.5) is 28.0 Å². The molecule has 0 bridgehead atoms. The molecule has 2 aliphatic rings. The number of aryl methyl sites for hydroxylation is 1. The van der Waals surface area contributed by atoms with E-state index in [2.05, 4.69) is 26.6 Å². The van der Waals surface area contributed by atoms with Crippen LogP contribution in [0.2, 0.25) is 0 Å². The van der Waals surface area contributed by atoms with Gasteiger partial charge in [-0.15, -0.1) is 0 Å². The van der Waals surface area contributed by atoms with Gasteiger partial charge < -0.3 is 64.6 Å². The fraction of sp³-hybridized carbons (Fsp3) is 0.538. The summed E-state index contributed by atoms with van der Waals surface area (Å²) in [4.78, 5) is 77.1. The van der Waals surface area contributed by atoms with Gasteiger partial charge in [0.25, 0.3) is 11.8 Å². The standard InChI is InChI=1S/C52H68F4N6O13S/c1-34-9-11-35(12-10-34)49(65)57-14-5-17-69-21-25-73-26-22-70-18-6-15-58-50(66)36-29-37(51(67)75-48-45(55)39(53)32-40(54)46(48)56)31-38(30-36)59-43(63)13-19-71-23-27-74-28-24-72-20-16-62(2)44(64)8-4-3-7-42-47-41(33-76-42)60-52(68)61-47/h9-12,29-32,41-42,47H,3-8,13-28,33H2,1-2H3,(H,57,65)(H,58,66)(H,59,63)(H2,60,61,68). The summed E-state index contributed by atoms with van der Waals surface area (Å²) in [5.41, 5.74) is 0.933. The smallest absolute Gasteiger partial charge is 0.343 e. The first-order valence-electron chi connectivity index (χ1n) is 25.2. The van der Waals surface area contributed by atoms with Gasteiger partial charge in [0.15, 0.2) is 11.6 Å². The minimum atomic E-state index is -1.95. The molecule has 2 saturated heterocycles. The molecule has 2 fully saturated rings. The van der Waals surface area contributed by atoms with Crippen molar-refractivity contribution in [3.05, 3.63) is 94.1 Å². The number of anilines is 1. The molecular formula is C52H68F4N6O13S. The number of nitrogens with one attached hydrogen (secondary N) is 5. The van der Waals surface area contributed by atoms with E-state index >= 15 is 0 Å². The molecule has 76 heavy (non-hydrogen) atoms. The Bertz CT molecular complexity index is 2350. The van der Waals surface area contributed by atoms with Crippen molar-refractivity contribution in [3.8, 4) is 5.75 Å². The number of carbonyl (C=O) groups is 6. The fourth-order valence-electron chi connectivity index (χ4n) is 7.66. The van der Waals surface area contributed by atoms with Crippen molar-refractivity contribution in [1.29, 1.82) is 0 Å². The van der Waals surface area contributed by atoms with Gasteiger partial charge in [-0.1, -0.05) is 24.1 Å². The summed E-state index contributed by atoms with van der Waals surface area (Å²) in [7, 11) is 1.73. The average molecular weight is 1090 g/mol. The number of hydrogen-bond donors (Lipinski definition) is 5. The molecule has 3 unspecified atom stereocenters. The van der Waals surface area contributed by atoms with E-state index in [1.807, 2.05) is 30.8 Å². The second-order valence-electron chi connectivity index (χ2n) is 17.7. The molecule has 0 aromatic heterocycles. The summed E-state index contributed by atoms with van der Waals surface area (Å²) in [6.07, 6.45) is 3.90. The van der Waals surface area contributed by atoms with Gasteiger partial charge in [-0.3, -0.25) is 19.2 Å². The second-order valence-corrected chi connectivity index (χ2v) is 19.0. The molecule has 24 heteroatoms. The van der Waals surface area contributed by atoms with Crippen molar-refractivity contribution < 1.29 is 79.5 Å². The minimum Gasteiger partial charge on any atom is -0.416 e. The first kappa shape index (κ1) is 61.0. The zero-order chi connectivity index (χ0) is 54.7. The van der Waals surface area contributed by atoms with Crippen LogP contribution in [-0.4, -0.2) is 170 Å². The predicted molar refractivity (Wildman–Crippen MR) is 273 cm³/mol. The van der Waals surface area contributed by atoms with Gasteiger partial charge in [-0.25, -0.2) is 18.4 Å². The van der Waals surface area contributed by atoms with E-state index in [0.29, 0.717) is 76.2 Å². The lowest BCUT2D eigenvalue weighted by Gasteiger charge is -2.18. The molecule has 2 heterocycles. The van der Waals surface area contributed by atoms with E-state index in [9.17, 15) is 46.3 Å². The number of rotatable bonds is 36. The molecule has 0 saturated carbocycles. The normalized spacial score (nSPS) is 15.7. The number of halogens is 4. The second kappa shape index (κ2) is 33.3. The highest BCUT2D eigenvalue weighted by Crippen LogP contribution is 2.33. The maximum atomic E-state index is 14.4. The summed E-state index contributed by atoms with van der Waals surface area (Å²) < 4.78 is 94.4. The van der Waals surface area contributed by atoms with Crippen LogP contribution >= 0.6 is 11.8 Å². The number of carbonyl (C=O) groups excluding carboxylic acids is 6. The van der Waals surface area contributed by atoms with E-state index in [1.165, 1.54) is 6.07 Å². The Labute approximate surface area is 443 Å². The van der Waals surface area contributed by atoms with E-state index in [4.69, 9.17) is 33.2 Å². The number of benzene rings is 3. The molecule has 0 aliphatic carbocycles. The molecule has 19 nitrogen and oxygen atoms in total. The summed E-state index contributed by atoms with van der Waals surface area (Å²) in [6.45, 7) is 6.14. The molecule has 3 aromatic carbocycles. The molecule has 0 radical (unpaired) electrons. The van der Waals surface area contributed by atoms with Crippen LogP contribution in [0.25, 0.3) is 0 Å². The maximum absolute atomic E-state index is 14.4. The van der Waals surface area contributed by atoms with Gasteiger partial charge in [0, 0.05) is 80.2 Å². The van der Waals surface area contributed by atoms with Gasteiger partial charge in [0.2, 0.25) is 29.2 Å². The van der Waals surface area contributed by atoms with Crippen molar-refractivity contribution in [2.45, 2.75) is 69.2 Å². The Kier molecular flexibility index (Phi) is 26.7. The SMILES string of the molecule is Cc1ccc(C(=O)NCCCOCCOCCOCCCNC(=O)c2cc(NC(=O)CCOCCOCCOCCN(C)C(=O)CCCCC3SCC4NC(=O)NC43)cc(C(=O)Oc3c(F)c(F)cc(F)c3F)c2)cc1. The lowest BCUT2D eigenvalue weighted by molar-refractivity contribution is -0.130. The largest absolute Gasteiger partial charge is 0.416 e. The molecule has 6 amide bonds. The predicted octanol–water partition coefficient (Wildman–Crippen LogP) is 5.32. The van der Waals surface area contributed by atoms with Gasteiger partial charge in [0.05, 0.1) is 90.1 Å². The van der Waals surface area contributed by atoms with E-state index < -0.39 is 52.4 Å². The molecule has 3 atom stereocenters. The van der Waals surface area contributed by atoms with Crippen molar-refractivity contribution in [1.82, 2.24) is 26.2 Å². The number of fused-ring (bicyclic) bond motifs is 1. The Balaban J connectivity index is 0.926. The first-order chi connectivity index (χ1) is 36.7. The Morgan fingerprint density at radius 3 is 1.82 bits per heavy atom. The average Bonchev–Trinajstić information content (AvgIpc) is 3.97. The van der Waals surface area contributed by atoms with Crippen LogP contribution < -0.4 is 31.3 Å². The number of nitrogens with zero attached hydrogens (tertiary/aromatic N) is 1. The number of amides is 6. The highest BCUT2D eigenvalue weighted by molar-refractivity contribution is 8.00. The minimum absolute atomic E-state index is 0.0380. The van der Waals surface area contributed by atoms with Crippen LogP contribution in [0.3, 0.4) is 0 Å². The van der Waals surface area contributed by atoms with E-state index in [1.54, 1.807) is 24.1 Å². The Hall–Kier alpha value is -5.89. The molecular weight excluding hydrogens is 1020 g/mol. The molecule has 0 spiro atoms. The van der Waals surface area contributed by atoms with Crippen LogP contribution in [0, 0.1) is 30.2 Å². The van der Waals surface area contributed by atoms with Crippen LogP contribution in [-0.2, 0) is 38.0 Å². The number of likely N-dealkylation sites (N-methyl/N-ethyl adjacent to an activating group) is 1. The lowest BCUT2D eigenvalue weighted by atomic mass is 10.0. The highest BCUT2D eigenvalue weighted by atomic mass is 32.2. The number of urea groups is 1. The molecule has 2 aliphatic heterocycles. The summed E-state index contributed by atoms with van der Waals surface area (Å²) in [5.74, 6) is -11.1. The molecule has 3 aromatic rings. The van der Waals surface area contributed by atoms with E-state index in [0.717, 1.165) is 42.7 Å². The number of esters is 1. The fourth-order valence-corrected chi connectivity index (χ4v) is 9.20. The topological polar surface area (TPSA) is 230 Å². The third-order valence-corrected chi connectivity index (χ3v) is 13.3. The van der Waals surface area contributed by atoms with Crippen LogP contribution in [0.15, 0.2) is 48.5 Å². The van der Waals surface area contributed by atoms with Gasteiger partial charge in [-0.2, -0.15) is 20.5 Å². The van der Waals surface area contributed by atoms with E-state index in [-0.39, 0.29) is 106 Å². The number of thioether (sulfide) groups is 1. The third kappa shape index (κ3) is 21.3. The Morgan fingerprint density at radius 1 is 0.645 bits per heavy atom. The zero-order valence-corrected chi connectivity index (χ0v) is 43.6. The summed E-state index contributed by atoms with van der Waals surface area (Å²) in [5, 5.41) is 14.3. The summed E-state index contributed by atoms with van der Waals surface area (Å²) >= 11 is 1.86. The first-order valence-corrected chi connectivity index (χ1v) is 26.3.